The fourth-order valence-corrected chi connectivity index (χ4v) is 2.54. The van der Waals surface area contributed by atoms with E-state index in [0.29, 0.717) is 18.4 Å². The van der Waals surface area contributed by atoms with Crippen LogP contribution in [0.3, 0.4) is 0 Å². The van der Waals surface area contributed by atoms with Crippen molar-refractivity contribution in [2.45, 2.75) is 34.2 Å². The average molecular weight is 306 g/mol. The van der Waals surface area contributed by atoms with Crippen LogP contribution in [0.4, 0.5) is 5.13 Å². The lowest BCUT2D eigenvalue weighted by Gasteiger charge is -2.08. The Morgan fingerprint density at radius 3 is 2.62 bits per heavy atom. The lowest BCUT2D eigenvalue weighted by molar-refractivity contribution is 0.465. The van der Waals surface area contributed by atoms with Crippen molar-refractivity contribution in [1.82, 2.24) is 14.8 Å². The van der Waals surface area contributed by atoms with Crippen molar-refractivity contribution in [3.63, 3.8) is 0 Å². The van der Waals surface area contributed by atoms with Gasteiger partial charge in [-0.2, -0.15) is 5.10 Å². The molecule has 2 aromatic rings. The van der Waals surface area contributed by atoms with Crippen LogP contribution in [0.5, 0.6) is 0 Å². The highest BCUT2D eigenvalue weighted by atomic mass is 32.1. The first-order valence-electron chi connectivity index (χ1n) is 7.23. The summed E-state index contributed by atoms with van der Waals surface area (Å²) in [6, 6.07) is 3.30. The summed E-state index contributed by atoms with van der Waals surface area (Å²) in [5.74, 6) is 0.951. The molecule has 0 aliphatic heterocycles. The van der Waals surface area contributed by atoms with Gasteiger partial charge in [-0.15, -0.1) is 11.3 Å². The summed E-state index contributed by atoms with van der Waals surface area (Å²) >= 11 is 1.56. The molecule has 2 rings (SSSR count). The number of hydrogen-bond acceptors (Lipinski definition) is 5. The van der Waals surface area contributed by atoms with Crippen molar-refractivity contribution in [1.29, 1.82) is 0 Å². The van der Waals surface area contributed by atoms with Crippen LogP contribution in [0.1, 0.15) is 27.7 Å². The van der Waals surface area contributed by atoms with Gasteiger partial charge in [0.15, 0.2) is 5.13 Å². The maximum atomic E-state index is 11.8. The first-order valence-corrected chi connectivity index (χ1v) is 8.11. The van der Waals surface area contributed by atoms with Crippen molar-refractivity contribution in [2.24, 2.45) is 11.8 Å². The van der Waals surface area contributed by atoms with Crippen LogP contribution in [0, 0.1) is 11.8 Å². The quantitative estimate of drug-likeness (QED) is 0.891. The Morgan fingerprint density at radius 2 is 1.95 bits per heavy atom. The first-order chi connectivity index (χ1) is 9.95. The van der Waals surface area contributed by atoms with Gasteiger partial charge in [0.05, 0.1) is 0 Å². The fraction of sp³-hybridized carbons (Fsp3) is 0.533. The predicted octanol–water partition coefficient (Wildman–Crippen LogP) is 3.09. The fourth-order valence-electron chi connectivity index (χ4n) is 1.83. The average Bonchev–Trinajstić information content (AvgIpc) is 2.87. The van der Waals surface area contributed by atoms with E-state index in [1.54, 1.807) is 23.5 Å². The molecule has 0 saturated carbocycles. The van der Waals surface area contributed by atoms with Crippen LogP contribution >= 0.6 is 11.3 Å². The van der Waals surface area contributed by atoms with Crippen LogP contribution in [0.15, 0.2) is 22.3 Å². The molecule has 0 fully saturated rings. The van der Waals surface area contributed by atoms with Gasteiger partial charge >= 0.3 is 0 Å². The van der Waals surface area contributed by atoms with Gasteiger partial charge in [-0.25, -0.2) is 9.67 Å². The molecule has 2 aromatic heterocycles. The van der Waals surface area contributed by atoms with Crippen molar-refractivity contribution < 1.29 is 0 Å². The minimum atomic E-state index is -0.0687. The Balaban J connectivity index is 2.20. The van der Waals surface area contributed by atoms with E-state index in [9.17, 15) is 4.79 Å². The van der Waals surface area contributed by atoms with Crippen molar-refractivity contribution in [2.75, 3.05) is 11.9 Å². The van der Waals surface area contributed by atoms with E-state index in [0.717, 1.165) is 23.1 Å². The van der Waals surface area contributed by atoms with Crippen molar-refractivity contribution in [3.05, 3.63) is 27.9 Å². The molecule has 1 N–H and O–H groups in total. The summed E-state index contributed by atoms with van der Waals surface area (Å²) in [4.78, 5) is 16.3. The van der Waals surface area contributed by atoms with Gasteiger partial charge in [0, 0.05) is 24.5 Å². The summed E-state index contributed by atoms with van der Waals surface area (Å²) in [6.45, 7) is 9.97. The number of rotatable bonds is 6. The molecule has 0 atom stereocenters. The molecule has 0 radical (unpaired) electrons. The molecular weight excluding hydrogens is 284 g/mol. The number of thiazole rings is 1. The molecular formula is C15H22N4OS. The van der Waals surface area contributed by atoms with Crippen molar-refractivity contribution >= 4 is 16.5 Å². The highest BCUT2D eigenvalue weighted by Gasteiger charge is 2.09. The zero-order valence-corrected chi connectivity index (χ0v) is 13.8. The number of aromatic nitrogens is 3. The van der Waals surface area contributed by atoms with E-state index in [1.807, 2.05) is 5.38 Å². The van der Waals surface area contributed by atoms with Gasteiger partial charge in [-0.05, 0) is 17.9 Å². The summed E-state index contributed by atoms with van der Waals surface area (Å²) in [5.41, 5.74) is 1.48. The van der Waals surface area contributed by atoms with Crippen LogP contribution < -0.4 is 10.9 Å². The molecule has 0 aliphatic rings. The van der Waals surface area contributed by atoms with Gasteiger partial charge in [0.1, 0.15) is 11.4 Å². The Morgan fingerprint density at radius 1 is 1.19 bits per heavy atom. The van der Waals surface area contributed by atoms with E-state index in [2.05, 4.69) is 43.1 Å². The molecule has 114 valence electrons. The summed E-state index contributed by atoms with van der Waals surface area (Å²) in [6.07, 6.45) is 0. The topological polar surface area (TPSA) is 59.8 Å². The van der Waals surface area contributed by atoms with E-state index in [-0.39, 0.29) is 5.56 Å². The van der Waals surface area contributed by atoms with Crippen LogP contribution in [-0.2, 0) is 6.54 Å². The second-order valence-corrected chi connectivity index (χ2v) is 6.80. The van der Waals surface area contributed by atoms with Gasteiger partial charge in [0.2, 0.25) is 0 Å². The third-order valence-electron chi connectivity index (χ3n) is 2.83. The second-order valence-electron chi connectivity index (χ2n) is 5.95. The van der Waals surface area contributed by atoms with Crippen LogP contribution in [0.25, 0.3) is 11.4 Å². The zero-order valence-electron chi connectivity index (χ0n) is 13.0. The summed E-state index contributed by atoms with van der Waals surface area (Å²) in [7, 11) is 0. The lowest BCUT2D eigenvalue weighted by Crippen LogP contribution is -2.24. The van der Waals surface area contributed by atoms with Gasteiger partial charge in [0.25, 0.3) is 5.56 Å². The summed E-state index contributed by atoms with van der Waals surface area (Å²) in [5, 5.41) is 10.6. The van der Waals surface area contributed by atoms with Gasteiger partial charge in [-0.3, -0.25) is 4.79 Å². The largest absolute Gasteiger partial charge is 0.361 e. The number of nitrogens with one attached hydrogen (secondary N) is 1. The minimum Gasteiger partial charge on any atom is -0.361 e. The molecule has 2 heterocycles. The number of nitrogens with zero attached hydrogens (tertiary/aromatic N) is 3. The van der Waals surface area contributed by atoms with Crippen LogP contribution in [-0.4, -0.2) is 21.3 Å². The molecule has 0 spiro atoms. The Labute approximate surface area is 129 Å². The Bertz CT molecular complexity index is 645. The highest BCUT2D eigenvalue weighted by Crippen LogP contribution is 2.22. The highest BCUT2D eigenvalue weighted by molar-refractivity contribution is 7.14. The van der Waals surface area contributed by atoms with E-state index >= 15 is 0 Å². The minimum absolute atomic E-state index is 0.0687. The smallest absolute Gasteiger partial charge is 0.266 e. The number of hydrogen-bond donors (Lipinski definition) is 1. The third-order valence-corrected chi connectivity index (χ3v) is 3.63. The molecule has 0 amide bonds. The summed E-state index contributed by atoms with van der Waals surface area (Å²) < 4.78 is 1.51. The molecule has 0 saturated heterocycles. The first kappa shape index (κ1) is 15.7. The number of anilines is 1. The van der Waals surface area contributed by atoms with Crippen LogP contribution in [0.2, 0.25) is 0 Å². The maximum absolute atomic E-state index is 11.8. The molecule has 21 heavy (non-hydrogen) atoms. The predicted molar refractivity (Wildman–Crippen MR) is 87.8 cm³/mol. The Hall–Kier alpha value is -1.69. The van der Waals surface area contributed by atoms with E-state index < -0.39 is 0 Å². The molecule has 6 heteroatoms. The normalized spacial score (nSPS) is 11.3. The SMILES string of the molecule is CC(C)CNc1nc(-c2ccc(=O)n(CC(C)C)n2)cs1. The molecule has 0 aromatic carbocycles. The van der Waals surface area contributed by atoms with Crippen molar-refractivity contribution in [3.8, 4) is 11.4 Å². The maximum Gasteiger partial charge on any atom is 0.266 e. The molecule has 0 unspecified atom stereocenters. The molecule has 0 bridgehead atoms. The second kappa shape index (κ2) is 6.85. The molecule has 0 aliphatic carbocycles. The zero-order chi connectivity index (χ0) is 15.4. The standard InChI is InChI=1S/C15H22N4OS/c1-10(2)7-16-15-17-13(9-21-15)12-5-6-14(20)19(18-12)8-11(3)4/h5-6,9-11H,7-8H2,1-4H3,(H,16,17). The third kappa shape index (κ3) is 4.39. The van der Waals surface area contributed by atoms with E-state index in [1.165, 1.54) is 4.68 Å². The Kier molecular flexibility index (Phi) is 5.12. The van der Waals surface area contributed by atoms with Gasteiger partial charge < -0.3 is 5.32 Å². The monoisotopic (exact) mass is 306 g/mol. The lowest BCUT2D eigenvalue weighted by atomic mass is 10.2. The molecule has 5 nitrogen and oxygen atoms in total. The van der Waals surface area contributed by atoms with Gasteiger partial charge in [-0.1, -0.05) is 27.7 Å². The van der Waals surface area contributed by atoms with E-state index in [4.69, 9.17) is 0 Å².